The number of amides is 1. The number of carbonyl (C=O) groups excluding carboxylic acids is 1. The molecule has 6 heteroatoms. The van der Waals surface area contributed by atoms with E-state index in [1.54, 1.807) is 0 Å². The molecule has 1 aromatic rings. The zero-order valence-corrected chi connectivity index (χ0v) is 11.1. The number of hydrazine groups is 1. The van der Waals surface area contributed by atoms with E-state index in [-0.39, 0.29) is 11.9 Å². The number of carbonyl (C=O) groups is 1. The zero-order chi connectivity index (χ0) is 13.5. The molecule has 0 aliphatic heterocycles. The quantitative estimate of drug-likeness (QED) is 0.523. The van der Waals surface area contributed by atoms with Crippen LogP contribution in [-0.2, 0) is 0 Å². The Morgan fingerprint density at radius 2 is 2.11 bits per heavy atom. The van der Waals surface area contributed by atoms with Crippen LogP contribution < -0.4 is 16.6 Å². The Bertz CT molecular complexity index is 379. The Balaban J connectivity index is 2.53. The molecule has 2 unspecified atom stereocenters. The number of nitrogens with two attached hydrogens (primary N) is 1. The minimum Gasteiger partial charge on any atom is -0.348 e. The summed E-state index contributed by atoms with van der Waals surface area (Å²) in [7, 11) is 0. The largest absolute Gasteiger partial charge is 0.348 e. The number of rotatable bonds is 6. The summed E-state index contributed by atoms with van der Waals surface area (Å²) < 4.78 is 0. The van der Waals surface area contributed by atoms with Gasteiger partial charge in [-0.15, -0.1) is 0 Å². The van der Waals surface area contributed by atoms with Crippen molar-refractivity contribution in [2.45, 2.75) is 39.7 Å². The molecule has 0 aliphatic rings. The van der Waals surface area contributed by atoms with Gasteiger partial charge in [0.1, 0.15) is 5.69 Å². The molecule has 0 saturated carbocycles. The summed E-state index contributed by atoms with van der Waals surface area (Å²) in [5.74, 6) is 5.99. The highest BCUT2D eigenvalue weighted by Crippen LogP contribution is 2.09. The van der Waals surface area contributed by atoms with Crippen LogP contribution in [0.3, 0.4) is 0 Å². The van der Waals surface area contributed by atoms with Crippen molar-refractivity contribution in [2.75, 3.05) is 5.43 Å². The van der Waals surface area contributed by atoms with Crippen molar-refractivity contribution in [1.82, 2.24) is 15.3 Å². The summed E-state index contributed by atoms with van der Waals surface area (Å²) in [5, 5.41) is 2.91. The molecule has 0 aromatic carbocycles. The van der Waals surface area contributed by atoms with Crippen LogP contribution in [0.5, 0.6) is 0 Å². The zero-order valence-electron chi connectivity index (χ0n) is 11.1. The van der Waals surface area contributed by atoms with Crippen LogP contribution in [0.25, 0.3) is 0 Å². The van der Waals surface area contributed by atoms with Crippen LogP contribution in [0.1, 0.15) is 44.1 Å². The van der Waals surface area contributed by atoms with Crippen molar-refractivity contribution >= 4 is 11.7 Å². The van der Waals surface area contributed by atoms with E-state index in [1.165, 1.54) is 12.4 Å². The van der Waals surface area contributed by atoms with Crippen LogP contribution in [-0.4, -0.2) is 21.9 Å². The third kappa shape index (κ3) is 4.29. The minimum atomic E-state index is -0.207. The minimum absolute atomic E-state index is 0.126. The van der Waals surface area contributed by atoms with Gasteiger partial charge in [-0.05, 0) is 19.3 Å². The Morgan fingerprint density at radius 1 is 1.39 bits per heavy atom. The highest BCUT2D eigenvalue weighted by atomic mass is 16.1. The fraction of sp³-hybridized carbons (Fsp3) is 0.583. The van der Waals surface area contributed by atoms with Gasteiger partial charge in [-0.2, -0.15) is 0 Å². The number of aromatic nitrogens is 2. The van der Waals surface area contributed by atoms with E-state index in [4.69, 9.17) is 5.84 Å². The summed E-state index contributed by atoms with van der Waals surface area (Å²) in [4.78, 5) is 19.8. The monoisotopic (exact) mass is 251 g/mol. The second kappa shape index (κ2) is 6.90. The van der Waals surface area contributed by atoms with Gasteiger partial charge in [0.05, 0.1) is 12.4 Å². The first-order chi connectivity index (χ1) is 8.56. The van der Waals surface area contributed by atoms with Crippen LogP contribution in [0.2, 0.25) is 0 Å². The molecule has 0 spiro atoms. The van der Waals surface area contributed by atoms with E-state index in [9.17, 15) is 4.79 Å². The van der Waals surface area contributed by atoms with E-state index in [1.807, 2.05) is 6.92 Å². The first kappa shape index (κ1) is 14.4. The summed E-state index contributed by atoms with van der Waals surface area (Å²) in [6.07, 6.45) is 4.89. The fourth-order valence-electron chi connectivity index (χ4n) is 1.65. The Morgan fingerprint density at radius 3 is 2.61 bits per heavy atom. The van der Waals surface area contributed by atoms with Crippen molar-refractivity contribution in [3.05, 3.63) is 18.1 Å². The number of anilines is 1. The summed E-state index contributed by atoms with van der Waals surface area (Å²) in [6.45, 7) is 6.31. The molecule has 0 bridgehead atoms. The predicted molar refractivity (Wildman–Crippen MR) is 70.8 cm³/mol. The molecule has 1 heterocycles. The molecule has 6 nitrogen and oxygen atoms in total. The van der Waals surface area contributed by atoms with E-state index in [2.05, 4.69) is 34.6 Å². The molecule has 0 aliphatic carbocycles. The maximum Gasteiger partial charge on any atom is 0.271 e. The maximum absolute atomic E-state index is 11.9. The van der Waals surface area contributed by atoms with Gasteiger partial charge in [0.25, 0.3) is 5.91 Å². The van der Waals surface area contributed by atoms with Crippen molar-refractivity contribution in [2.24, 2.45) is 11.8 Å². The predicted octanol–water partition coefficient (Wildman–Crippen LogP) is 1.32. The molecule has 0 radical (unpaired) electrons. The lowest BCUT2D eigenvalue weighted by atomic mass is 10.0. The Kier molecular flexibility index (Phi) is 5.51. The van der Waals surface area contributed by atoms with Gasteiger partial charge in [0.15, 0.2) is 5.82 Å². The van der Waals surface area contributed by atoms with Gasteiger partial charge < -0.3 is 10.7 Å². The van der Waals surface area contributed by atoms with E-state index >= 15 is 0 Å². The average molecular weight is 251 g/mol. The Labute approximate surface area is 107 Å². The van der Waals surface area contributed by atoms with Gasteiger partial charge in [-0.1, -0.05) is 20.3 Å². The maximum atomic E-state index is 11.9. The first-order valence-corrected chi connectivity index (χ1v) is 6.16. The topological polar surface area (TPSA) is 92.9 Å². The van der Waals surface area contributed by atoms with Crippen LogP contribution in [0.4, 0.5) is 5.82 Å². The Hall–Kier alpha value is -1.69. The lowest BCUT2D eigenvalue weighted by Gasteiger charge is -2.17. The van der Waals surface area contributed by atoms with E-state index < -0.39 is 0 Å². The number of hydrogen-bond donors (Lipinski definition) is 3. The molecule has 100 valence electrons. The molecular weight excluding hydrogens is 230 g/mol. The normalized spacial score (nSPS) is 13.8. The summed E-state index contributed by atoms with van der Waals surface area (Å²) >= 11 is 0. The standard InChI is InChI=1S/C12H21N5O/c1-4-8(2)5-9(3)16-12(18)10-6-15-11(17-13)7-14-10/h6-9H,4-5,13H2,1-3H3,(H,15,17)(H,16,18). The molecule has 1 amide bonds. The van der Waals surface area contributed by atoms with E-state index in [0.717, 1.165) is 12.8 Å². The lowest BCUT2D eigenvalue weighted by molar-refractivity contribution is 0.0930. The van der Waals surface area contributed by atoms with E-state index in [0.29, 0.717) is 17.4 Å². The van der Waals surface area contributed by atoms with Gasteiger partial charge in [0, 0.05) is 6.04 Å². The SMILES string of the molecule is CCC(C)CC(C)NC(=O)c1cnc(NN)cn1. The molecule has 0 fully saturated rings. The number of nitrogens with zero attached hydrogens (tertiary/aromatic N) is 2. The van der Waals surface area contributed by atoms with Gasteiger partial charge in [-0.25, -0.2) is 15.8 Å². The summed E-state index contributed by atoms with van der Waals surface area (Å²) in [6, 6.07) is 0.126. The van der Waals surface area contributed by atoms with Crippen molar-refractivity contribution in [1.29, 1.82) is 0 Å². The third-order valence-electron chi connectivity index (χ3n) is 2.86. The van der Waals surface area contributed by atoms with Crippen LogP contribution in [0, 0.1) is 5.92 Å². The molecule has 1 rings (SSSR count). The molecule has 4 N–H and O–H groups in total. The lowest BCUT2D eigenvalue weighted by Crippen LogP contribution is -2.34. The van der Waals surface area contributed by atoms with Crippen LogP contribution >= 0.6 is 0 Å². The van der Waals surface area contributed by atoms with Gasteiger partial charge >= 0.3 is 0 Å². The number of nitrogen functional groups attached to an aromatic ring is 1. The smallest absolute Gasteiger partial charge is 0.271 e. The first-order valence-electron chi connectivity index (χ1n) is 6.16. The summed E-state index contributed by atoms with van der Waals surface area (Å²) in [5.41, 5.74) is 2.66. The number of hydrogen-bond acceptors (Lipinski definition) is 5. The van der Waals surface area contributed by atoms with Gasteiger partial charge in [-0.3, -0.25) is 4.79 Å². The third-order valence-corrected chi connectivity index (χ3v) is 2.86. The number of nitrogens with one attached hydrogen (secondary N) is 2. The molecule has 1 aromatic heterocycles. The van der Waals surface area contributed by atoms with Crippen molar-refractivity contribution in [3.8, 4) is 0 Å². The van der Waals surface area contributed by atoms with Crippen LogP contribution in [0.15, 0.2) is 12.4 Å². The molecular formula is C12H21N5O. The molecule has 2 atom stereocenters. The van der Waals surface area contributed by atoms with Gasteiger partial charge in [0.2, 0.25) is 0 Å². The molecule has 18 heavy (non-hydrogen) atoms. The second-order valence-electron chi connectivity index (χ2n) is 4.55. The van der Waals surface area contributed by atoms with Crippen molar-refractivity contribution in [3.63, 3.8) is 0 Å². The highest BCUT2D eigenvalue weighted by molar-refractivity contribution is 5.92. The average Bonchev–Trinajstić information content (AvgIpc) is 2.38. The fourth-order valence-corrected chi connectivity index (χ4v) is 1.65. The second-order valence-corrected chi connectivity index (χ2v) is 4.55. The highest BCUT2D eigenvalue weighted by Gasteiger charge is 2.13. The molecule has 0 saturated heterocycles. The van der Waals surface area contributed by atoms with Crippen molar-refractivity contribution < 1.29 is 4.79 Å².